The van der Waals surface area contributed by atoms with Crippen molar-refractivity contribution < 1.29 is 71.9 Å². The highest BCUT2D eigenvalue weighted by atomic mass is 32.1. The maximum atomic E-state index is 14.1. The number of aliphatic hydroxyl groups is 5. The van der Waals surface area contributed by atoms with Crippen molar-refractivity contribution >= 4 is 92.8 Å². The number of aliphatic hydroxyl groups excluding tert-OH is 5. The predicted molar refractivity (Wildman–Crippen MR) is 224 cm³/mol. The molecule has 0 radical (unpaired) electrons. The van der Waals surface area contributed by atoms with Crippen LogP contribution in [0.5, 0.6) is 0 Å². The van der Waals surface area contributed by atoms with Crippen LogP contribution in [-0.4, -0.2) is 164 Å². The Labute approximate surface area is 369 Å². The van der Waals surface area contributed by atoms with Gasteiger partial charge >= 0.3 is 15.1 Å². The Balaban J connectivity index is 0.935. The first kappa shape index (κ1) is 46.0. The Bertz CT molecular complexity index is 2910. The normalized spacial score (nSPS) is 31.0. The van der Waals surface area contributed by atoms with Crippen molar-refractivity contribution in [1.29, 1.82) is 0 Å². The average molecular weight is 987 g/mol. The minimum absolute atomic E-state index is 0.000390. The Morgan fingerprint density at radius 3 is 1.45 bits per heavy atom. The van der Waals surface area contributed by atoms with Gasteiger partial charge in [-0.2, -0.15) is 0 Å². The van der Waals surface area contributed by atoms with Crippen molar-refractivity contribution in [3.63, 3.8) is 0 Å². The number of phosphoric acid groups is 1. The third kappa shape index (κ3) is 8.00. The molecule has 356 valence electrons. The number of phosphoric ester groups is 1. The van der Waals surface area contributed by atoms with Gasteiger partial charge in [0.25, 0.3) is 0 Å². The molecule has 9 heterocycles. The Morgan fingerprint density at radius 1 is 0.576 bits per heavy atom. The number of hydrogen-bond acceptors (Lipinski definition) is 29. The summed E-state index contributed by atoms with van der Waals surface area (Å²) in [4.78, 5) is 47.4. The van der Waals surface area contributed by atoms with E-state index in [2.05, 4.69) is 44.9 Å². The Hall–Kier alpha value is -5.18. The van der Waals surface area contributed by atoms with Crippen LogP contribution in [0.2, 0.25) is 0 Å². The lowest BCUT2D eigenvalue weighted by molar-refractivity contribution is -0.0608. The first-order chi connectivity index (χ1) is 31.3. The molecule has 3 fully saturated rings. The molecule has 3 aliphatic heterocycles. The second kappa shape index (κ2) is 17.2. The zero-order valence-corrected chi connectivity index (χ0v) is 36.4. The minimum Gasteiger partial charge on any atom is -0.394 e. The van der Waals surface area contributed by atoms with Gasteiger partial charge in [-0.15, -0.1) is 0 Å². The highest BCUT2D eigenvalue weighted by Gasteiger charge is 2.53. The van der Waals surface area contributed by atoms with E-state index in [0.717, 1.165) is 28.1 Å². The lowest BCUT2D eigenvalue weighted by Gasteiger charge is -2.26. The van der Waals surface area contributed by atoms with Crippen LogP contribution in [-0.2, 0) is 41.4 Å². The molecule has 0 amide bonds. The number of aromatic nitrogens is 12. The van der Waals surface area contributed by atoms with Gasteiger partial charge in [0.15, 0.2) is 69.6 Å². The number of ether oxygens (including phenoxy) is 3. The minimum atomic E-state index is -5.33. The number of nitrogen functional groups attached to an aromatic ring is 6. The van der Waals surface area contributed by atoms with Crippen LogP contribution in [0, 0.1) is 0 Å². The van der Waals surface area contributed by atoms with Crippen LogP contribution in [0.4, 0.5) is 35.3 Å². The van der Waals surface area contributed by atoms with Gasteiger partial charge in [0, 0.05) is 0 Å². The third-order valence-electron chi connectivity index (χ3n) is 10.8. The number of nitrogens with zero attached hydrogens (tertiary/aromatic N) is 12. The van der Waals surface area contributed by atoms with Gasteiger partial charge in [-0.1, -0.05) is 0 Å². The summed E-state index contributed by atoms with van der Waals surface area (Å²) in [6.45, 7) is -2.42. The average Bonchev–Trinajstić information content (AvgIpc) is 4.09. The molecular weight excluding hydrogens is 945 g/mol. The summed E-state index contributed by atoms with van der Waals surface area (Å²) in [6.07, 6.45) is -16.1. The van der Waals surface area contributed by atoms with Crippen LogP contribution < -0.4 is 34.4 Å². The summed E-state index contributed by atoms with van der Waals surface area (Å²) in [5, 5.41) is 54.6. The van der Waals surface area contributed by atoms with E-state index in [4.69, 9.17) is 66.7 Å². The van der Waals surface area contributed by atoms with E-state index in [1.807, 2.05) is 8.93 Å². The zero-order valence-electron chi connectivity index (χ0n) is 33.4. The van der Waals surface area contributed by atoms with Gasteiger partial charge in [0.1, 0.15) is 73.9 Å². The molecule has 0 aromatic carbocycles. The number of fused-ring (bicyclic) bond motifs is 3. The van der Waals surface area contributed by atoms with Crippen LogP contribution in [0.15, 0.2) is 19.0 Å². The van der Waals surface area contributed by atoms with Crippen molar-refractivity contribution in [3.05, 3.63) is 19.0 Å². The summed E-state index contributed by atoms with van der Waals surface area (Å²) < 4.78 is 70.9. The number of hydrogen-bond donors (Lipinski definition) is 12. The lowest BCUT2D eigenvalue weighted by Crippen LogP contribution is -2.37. The van der Waals surface area contributed by atoms with Crippen LogP contribution in [0.1, 0.15) is 18.7 Å². The molecule has 0 spiro atoms. The first-order valence-corrected chi connectivity index (χ1v) is 23.8. The van der Waals surface area contributed by atoms with E-state index < -0.39 is 109 Å². The van der Waals surface area contributed by atoms with Gasteiger partial charge in [0.05, 0.1) is 19.8 Å². The molecule has 6 aromatic heterocycles. The molecule has 66 heavy (non-hydrogen) atoms. The Kier molecular flexibility index (Phi) is 11.9. The second-order valence-electron chi connectivity index (χ2n) is 14.9. The highest BCUT2D eigenvalue weighted by molar-refractivity contribution is 8.12. The van der Waals surface area contributed by atoms with Crippen molar-refractivity contribution in [1.82, 2.24) is 58.6 Å². The van der Waals surface area contributed by atoms with Gasteiger partial charge in [0.2, 0.25) is 17.8 Å². The van der Waals surface area contributed by atoms with E-state index in [9.17, 15) is 39.6 Å². The number of nitrogens with two attached hydrogens (primary N) is 6. The molecule has 33 nitrogen and oxygen atoms in total. The topological polar surface area (TPSA) is 507 Å². The molecule has 15 atom stereocenters. The smallest absolute Gasteiger partial charge is 0.394 e. The summed E-state index contributed by atoms with van der Waals surface area (Å²) in [7, 11) is -7.96. The first-order valence-electron chi connectivity index (χ1n) is 19.2. The van der Waals surface area contributed by atoms with Crippen LogP contribution in [0.25, 0.3) is 33.5 Å². The van der Waals surface area contributed by atoms with Crippen LogP contribution in [0.3, 0.4) is 0 Å². The lowest BCUT2D eigenvalue weighted by atomic mass is 10.1. The maximum absolute atomic E-state index is 14.1. The fraction of sp³-hybridized carbons (Fsp3) is 0.500. The van der Waals surface area contributed by atoms with Crippen molar-refractivity contribution in [2.75, 3.05) is 54.2 Å². The molecule has 6 aromatic rings. The van der Waals surface area contributed by atoms with E-state index in [-0.39, 0.29) is 68.8 Å². The second-order valence-corrected chi connectivity index (χ2v) is 19.7. The summed E-state index contributed by atoms with van der Waals surface area (Å²) in [5.41, 5.74) is 36.4. The van der Waals surface area contributed by atoms with Crippen molar-refractivity contribution in [2.45, 2.75) is 73.6 Å². The molecule has 0 bridgehead atoms. The Morgan fingerprint density at radius 2 is 0.970 bits per heavy atom. The molecule has 3 saturated heterocycles. The number of imidazole rings is 3. The highest BCUT2D eigenvalue weighted by Crippen LogP contribution is 2.60. The number of rotatable bonds is 14. The van der Waals surface area contributed by atoms with Crippen LogP contribution >= 0.6 is 24.0 Å². The molecule has 3 aliphatic rings. The van der Waals surface area contributed by atoms with Crippen molar-refractivity contribution in [2.24, 2.45) is 0 Å². The monoisotopic (exact) mass is 986 g/mol. The molecule has 18 N–H and O–H groups in total. The molecule has 9 rings (SSSR count). The number of anilines is 6. The largest absolute Gasteiger partial charge is 0.472 e. The summed E-state index contributed by atoms with van der Waals surface area (Å²) in [5.74, 6) is -0.939. The fourth-order valence-corrected chi connectivity index (χ4v) is 10.4. The quantitative estimate of drug-likeness (QED) is 0.0463. The van der Waals surface area contributed by atoms with Crippen molar-refractivity contribution in [3.8, 4) is 0 Å². The van der Waals surface area contributed by atoms with E-state index in [1.165, 1.54) is 4.57 Å². The predicted octanol–water partition coefficient (Wildman–Crippen LogP) is -3.99. The molecule has 6 unspecified atom stereocenters. The fourth-order valence-electron chi connectivity index (χ4n) is 7.76. The van der Waals surface area contributed by atoms with Gasteiger partial charge in [-0.25, -0.2) is 49.4 Å². The van der Waals surface area contributed by atoms with E-state index in [1.54, 1.807) is 0 Å². The third-order valence-corrected chi connectivity index (χ3v) is 13.7. The molecule has 0 saturated carbocycles. The molecule has 36 heteroatoms. The zero-order chi connectivity index (χ0) is 47.1. The van der Waals surface area contributed by atoms with Gasteiger partial charge < -0.3 is 83.6 Å². The van der Waals surface area contributed by atoms with E-state index in [0.29, 0.717) is 0 Å². The van der Waals surface area contributed by atoms with Gasteiger partial charge in [-0.3, -0.25) is 31.8 Å². The maximum Gasteiger partial charge on any atom is 0.472 e. The summed E-state index contributed by atoms with van der Waals surface area (Å²) in [6, 6.07) is 0. The molecular formula is C30H41N18O15P3. The molecule has 0 aliphatic carbocycles. The summed E-state index contributed by atoms with van der Waals surface area (Å²) >= 11 is 0. The van der Waals surface area contributed by atoms with Gasteiger partial charge in [-0.05, 0) is 8.93 Å². The SMILES string of the molecule is Nc1ncnc2c1nc(N)n2C1O[C@H](COP(=O)(P)O[C@H]2C(n3c(N)nc4c(N)ncnc43)O[C@H](COP(=O)(O)O[C@H]3C(n4c(N)nc5c(N)ncnc54)O[C@H](CO)[C@H]3O)[C@H]2O)[C@@H](O)[C@H]1O. The standard InChI is InChI=1S/C30H41N18O15P3/c31-19-10-22(40-4-37-19)46(28(34)43-10)25-16(53)13(50)8(60-25)3-58-66(56,64)63-18-15(52)9(61-27(18)48-24-12(45-30(48)36)21(33)39-6-42-24)2-57-65(54,55)62-17-14(51)7(1-49)59-26(17)47-23-11(44-29(47)35)20(32)38-5-41-23/h4-9,13-18,25-27,49-53H,1-3,64H2,(H2,34,43)(H2,35,44)(H2,36,45)(H,54,55)(H2,31,37,40)(H2,32,38,41)(H2,33,39,42)/t7-,8-,9-,13-,14-,15-,16-,17-,18-,25?,26?,27?,66?/m1/s1. The van der Waals surface area contributed by atoms with E-state index >= 15 is 0 Å².